The lowest BCUT2D eigenvalue weighted by atomic mass is 9.89. The summed E-state index contributed by atoms with van der Waals surface area (Å²) in [4.78, 5) is 13.7. The second-order valence-electron chi connectivity index (χ2n) is 6.79. The van der Waals surface area contributed by atoms with Crippen LogP contribution in [-0.2, 0) is 4.74 Å². The lowest BCUT2D eigenvalue weighted by molar-refractivity contribution is -0.120. The smallest absolute Gasteiger partial charge is 0.191 e. The third kappa shape index (κ3) is 4.13. The number of aromatic nitrogens is 2. The Kier molecular flexibility index (Phi) is 5.84. The third-order valence-corrected chi connectivity index (χ3v) is 5.60. The summed E-state index contributed by atoms with van der Waals surface area (Å²) in [6.45, 7) is 8.39. The lowest BCUT2D eigenvalue weighted by Gasteiger charge is -2.47. The molecule has 6 nitrogen and oxygen atoms in total. The molecule has 0 atom stereocenters. The zero-order valence-electron chi connectivity index (χ0n) is 14.8. The highest BCUT2D eigenvalue weighted by atomic mass is 32.2. The molecule has 0 bridgehead atoms. The number of ether oxygens (including phenoxy) is 1. The molecule has 0 saturated carbocycles. The molecule has 24 heavy (non-hydrogen) atoms. The molecule has 0 radical (unpaired) electrons. The summed E-state index contributed by atoms with van der Waals surface area (Å²) >= 11 is 1.53. The maximum absolute atomic E-state index is 6.24. The lowest BCUT2D eigenvalue weighted by Crippen LogP contribution is -2.57. The van der Waals surface area contributed by atoms with Gasteiger partial charge in [-0.3, -0.25) is 4.90 Å². The second-order valence-corrected chi connectivity index (χ2v) is 7.56. The maximum Gasteiger partial charge on any atom is 0.191 e. The average Bonchev–Trinajstić information content (AvgIpc) is 2.60. The largest absolute Gasteiger partial charge is 0.383 e. The average molecular weight is 352 g/mol. The van der Waals surface area contributed by atoms with Gasteiger partial charge in [-0.05, 0) is 32.1 Å². The molecule has 2 aliphatic rings. The molecule has 2 fully saturated rings. The third-order valence-electron chi connectivity index (χ3n) is 5.05. The zero-order chi connectivity index (χ0) is 17.0. The van der Waals surface area contributed by atoms with Crippen LogP contribution in [0.5, 0.6) is 0 Å². The molecule has 0 aliphatic carbocycles. The fourth-order valence-electron chi connectivity index (χ4n) is 3.63. The maximum atomic E-state index is 6.24. The molecule has 134 valence electrons. The summed E-state index contributed by atoms with van der Waals surface area (Å²) in [5, 5.41) is 0.741. The van der Waals surface area contributed by atoms with Crippen molar-refractivity contribution >= 4 is 23.4 Å². The van der Waals surface area contributed by atoms with Gasteiger partial charge < -0.3 is 15.4 Å². The van der Waals surface area contributed by atoms with Gasteiger partial charge in [-0.2, -0.15) is 0 Å². The molecule has 2 saturated heterocycles. The summed E-state index contributed by atoms with van der Waals surface area (Å²) in [6.07, 6.45) is 6.61. The van der Waals surface area contributed by atoms with Crippen molar-refractivity contribution in [1.29, 1.82) is 0 Å². The van der Waals surface area contributed by atoms with E-state index >= 15 is 0 Å². The molecule has 1 aromatic heterocycles. The Morgan fingerprint density at radius 2 is 2.08 bits per heavy atom. The highest BCUT2D eigenvalue weighted by Gasteiger charge is 2.39. The van der Waals surface area contributed by atoms with Crippen molar-refractivity contribution in [3.05, 3.63) is 6.07 Å². The number of piperidine rings is 1. The van der Waals surface area contributed by atoms with Crippen LogP contribution in [0.15, 0.2) is 11.2 Å². The van der Waals surface area contributed by atoms with Crippen LogP contribution in [0, 0.1) is 0 Å². The Bertz CT molecular complexity index is 548. The molecule has 2 aliphatic heterocycles. The number of nitrogens with zero attached hydrogens (tertiary/aromatic N) is 4. The minimum atomic E-state index is 0.0312. The number of anilines is 2. The van der Waals surface area contributed by atoms with Crippen LogP contribution in [0.3, 0.4) is 0 Å². The quantitative estimate of drug-likeness (QED) is 0.644. The number of hydrogen-bond donors (Lipinski definition) is 1. The van der Waals surface area contributed by atoms with E-state index in [-0.39, 0.29) is 5.60 Å². The van der Waals surface area contributed by atoms with E-state index in [1.165, 1.54) is 31.1 Å². The van der Waals surface area contributed by atoms with Crippen LogP contribution < -0.4 is 10.6 Å². The first-order valence-electron chi connectivity index (χ1n) is 8.94. The van der Waals surface area contributed by atoms with Crippen molar-refractivity contribution in [2.24, 2.45) is 0 Å². The van der Waals surface area contributed by atoms with Gasteiger partial charge in [0.2, 0.25) is 0 Å². The van der Waals surface area contributed by atoms with Crippen molar-refractivity contribution in [1.82, 2.24) is 14.9 Å². The van der Waals surface area contributed by atoms with Crippen LogP contribution >= 0.6 is 11.8 Å². The number of unbranched alkanes of at least 4 members (excludes halogenated alkanes) is 1. The summed E-state index contributed by atoms with van der Waals surface area (Å²) in [5.41, 5.74) is 5.95. The minimum absolute atomic E-state index is 0.0312. The van der Waals surface area contributed by atoms with Gasteiger partial charge in [-0.15, -0.1) is 0 Å². The Morgan fingerprint density at radius 1 is 1.29 bits per heavy atom. The van der Waals surface area contributed by atoms with E-state index in [9.17, 15) is 0 Å². The molecule has 7 heteroatoms. The molecule has 0 amide bonds. The first kappa shape index (κ1) is 17.8. The monoisotopic (exact) mass is 351 g/mol. The molecular formula is C17H29N5OS. The Morgan fingerprint density at radius 3 is 2.79 bits per heavy atom. The van der Waals surface area contributed by atoms with Gasteiger partial charge in [0.05, 0.1) is 12.2 Å². The number of nitrogen functional groups attached to an aromatic ring is 1. The minimum Gasteiger partial charge on any atom is -0.383 e. The van der Waals surface area contributed by atoms with Crippen LogP contribution in [-0.4, -0.2) is 66.1 Å². The van der Waals surface area contributed by atoms with Gasteiger partial charge in [0.15, 0.2) is 5.16 Å². The first-order valence-corrected chi connectivity index (χ1v) is 10.2. The summed E-state index contributed by atoms with van der Waals surface area (Å²) in [7, 11) is 0. The summed E-state index contributed by atoms with van der Waals surface area (Å²) in [6, 6.07) is 1.88. The predicted molar refractivity (Wildman–Crippen MR) is 99.7 cm³/mol. The van der Waals surface area contributed by atoms with Crippen molar-refractivity contribution in [2.75, 3.05) is 56.2 Å². The zero-order valence-corrected chi connectivity index (χ0v) is 15.6. The van der Waals surface area contributed by atoms with Crippen LogP contribution in [0.4, 0.5) is 11.6 Å². The Balaban J connectivity index is 1.62. The van der Waals surface area contributed by atoms with E-state index < -0.39 is 0 Å². The number of hydrogen-bond acceptors (Lipinski definition) is 7. The molecular weight excluding hydrogens is 322 g/mol. The Labute approximate surface area is 149 Å². The number of thioether (sulfide) groups is 1. The number of nitrogens with two attached hydrogens (primary N) is 1. The standard InChI is InChI=1S/C17H29N5OS/c1-3-4-7-21-10-11-23-17(13-21)5-8-22(9-6-17)15-12-14(18)19-16(20-15)24-2/h12H,3-11,13H2,1-2H3,(H2,18,19,20). The molecule has 0 aromatic carbocycles. The van der Waals surface area contributed by atoms with Crippen LogP contribution in [0.2, 0.25) is 0 Å². The van der Waals surface area contributed by atoms with Gasteiger partial charge >= 0.3 is 0 Å². The van der Waals surface area contributed by atoms with Crippen molar-refractivity contribution in [2.45, 2.75) is 43.4 Å². The van der Waals surface area contributed by atoms with Crippen molar-refractivity contribution < 1.29 is 4.74 Å². The SMILES string of the molecule is CCCCN1CCOC2(CCN(c3cc(N)nc(SC)n3)CC2)C1. The Hall–Kier alpha value is -1.05. The van der Waals surface area contributed by atoms with Crippen LogP contribution in [0.1, 0.15) is 32.6 Å². The van der Waals surface area contributed by atoms with E-state index in [1.54, 1.807) is 0 Å². The summed E-state index contributed by atoms with van der Waals surface area (Å²) < 4.78 is 6.24. The highest BCUT2D eigenvalue weighted by molar-refractivity contribution is 7.98. The first-order chi connectivity index (χ1) is 11.6. The fraction of sp³-hybridized carbons (Fsp3) is 0.765. The van der Waals surface area contributed by atoms with Gasteiger partial charge in [0.25, 0.3) is 0 Å². The molecule has 0 unspecified atom stereocenters. The van der Waals surface area contributed by atoms with Crippen LogP contribution in [0.25, 0.3) is 0 Å². The summed E-state index contributed by atoms with van der Waals surface area (Å²) in [5.74, 6) is 1.49. The molecule has 3 rings (SSSR count). The van der Waals surface area contributed by atoms with E-state index in [1.807, 2.05) is 12.3 Å². The normalized spacial score (nSPS) is 21.3. The van der Waals surface area contributed by atoms with Gasteiger partial charge in [0, 0.05) is 32.2 Å². The number of rotatable bonds is 5. The van der Waals surface area contributed by atoms with E-state index in [4.69, 9.17) is 10.5 Å². The fourth-order valence-corrected chi connectivity index (χ4v) is 4.01. The molecule has 2 N–H and O–H groups in total. The molecule has 3 heterocycles. The van der Waals surface area contributed by atoms with E-state index in [0.717, 1.165) is 56.6 Å². The predicted octanol–water partition coefficient (Wildman–Crippen LogP) is 2.25. The number of morpholine rings is 1. The topological polar surface area (TPSA) is 67.5 Å². The molecule has 1 spiro atoms. The van der Waals surface area contributed by atoms with Gasteiger partial charge in [0.1, 0.15) is 11.6 Å². The highest BCUT2D eigenvalue weighted by Crippen LogP contribution is 2.32. The van der Waals surface area contributed by atoms with Gasteiger partial charge in [-0.1, -0.05) is 25.1 Å². The molecule has 1 aromatic rings. The van der Waals surface area contributed by atoms with E-state index in [2.05, 4.69) is 26.7 Å². The van der Waals surface area contributed by atoms with Crippen molar-refractivity contribution in [3.63, 3.8) is 0 Å². The van der Waals surface area contributed by atoms with Gasteiger partial charge in [-0.25, -0.2) is 9.97 Å². The van der Waals surface area contributed by atoms with E-state index in [0.29, 0.717) is 5.82 Å². The second kappa shape index (κ2) is 7.89. The van der Waals surface area contributed by atoms with Crippen molar-refractivity contribution in [3.8, 4) is 0 Å².